The number of allylic oxidation sites excluding steroid dienone is 1. The van der Waals surface area contributed by atoms with Crippen LogP contribution in [0.4, 0.5) is 0 Å². The van der Waals surface area contributed by atoms with Crippen molar-refractivity contribution >= 4 is 60.7 Å². The lowest BCUT2D eigenvalue weighted by molar-refractivity contribution is 0.665. The van der Waals surface area contributed by atoms with Gasteiger partial charge in [0.05, 0.1) is 27.8 Å². The highest BCUT2D eigenvalue weighted by atomic mass is 16.3. The van der Waals surface area contributed by atoms with Gasteiger partial charge in [-0.05, 0) is 43.2 Å². The largest absolute Gasteiger partial charge is 0.453 e. The summed E-state index contributed by atoms with van der Waals surface area (Å²) in [5.41, 5.74) is 12.5. The number of furan rings is 1. The molecule has 57 heavy (non-hydrogen) atoms. The van der Waals surface area contributed by atoms with Gasteiger partial charge in [-0.15, -0.1) is 0 Å². The molecule has 0 N–H and O–H groups in total. The van der Waals surface area contributed by atoms with E-state index in [0.29, 0.717) is 17.5 Å². The predicted octanol–water partition coefficient (Wildman–Crippen LogP) is 12.8. The molecule has 0 aliphatic heterocycles. The van der Waals surface area contributed by atoms with Crippen molar-refractivity contribution in [3.63, 3.8) is 0 Å². The summed E-state index contributed by atoms with van der Waals surface area (Å²) in [6, 6.07) is 57.1. The molecule has 0 atom stereocenters. The van der Waals surface area contributed by atoms with Crippen LogP contribution in [0.3, 0.4) is 0 Å². The Morgan fingerprint density at radius 3 is 1.81 bits per heavy atom. The zero-order valence-electron chi connectivity index (χ0n) is 30.8. The SMILES string of the molecule is C1=Cc2c(n(-c3cccc4c3oc3c(-c5nc(-c6ccccc6)nc(-c6ccccc6)n5)cccc34)c3c2ccc2c4ccccc4n(-c4ccccc4)c23)CC1. The van der Waals surface area contributed by atoms with E-state index in [1.165, 1.54) is 44.0 Å². The van der Waals surface area contributed by atoms with Crippen molar-refractivity contribution in [2.24, 2.45) is 0 Å². The summed E-state index contributed by atoms with van der Waals surface area (Å²) in [6.07, 6.45) is 6.51. The van der Waals surface area contributed by atoms with Crippen LogP contribution in [0.1, 0.15) is 17.7 Å². The van der Waals surface area contributed by atoms with Gasteiger partial charge in [-0.1, -0.05) is 146 Å². The number of benzene rings is 7. The molecule has 11 aromatic rings. The van der Waals surface area contributed by atoms with Crippen LogP contribution in [-0.2, 0) is 6.42 Å². The van der Waals surface area contributed by atoms with E-state index in [1.54, 1.807) is 0 Å². The third kappa shape index (κ3) is 4.80. The van der Waals surface area contributed by atoms with Gasteiger partial charge in [0, 0.05) is 55.0 Å². The number of aromatic nitrogens is 5. The van der Waals surface area contributed by atoms with Gasteiger partial charge in [0.2, 0.25) is 0 Å². The second kappa shape index (κ2) is 12.5. The van der Waals surface area contributed by atoms with E-state index in [2.05, 4.69) is 124 Å². The van der Waals surface area contributed by atoms with Gasteiger partial charge in [-0.25, -0.2) is 15.0 Å². The Labute approximate surface area is 327 Å². The van der Waals surface area contributed by atoms with Crippen LogP contribution in [0.25, 0.3) is 106 Å². The molecule has 12 rings (SSSR count). The maximum Gasteiger partial charge on any atom is 0.167 e. The van der Waals surface area contributed by atoms with E-state index in [1.807, 2.05) is 60.7 Å². The van der Waals surface area contributed by atoms with Crippen LogP contribution in [0, 0.1) is 0 Å². The van der Waals surface area contributed by atoms with Gasteiger partial charge in [0.25, 0.3) is 0 Å². The Bertz CT molecular complexity index is 3330. The van der Waals surface area contributed by atoms with Gasteiger partial charge in [-0.3, -0.25) is 0 Å². The minimum atomic E-state index is 0.567. The van der Waals surface area contributed by atoms with Crippen molar-refractivity contribution in [1.82, 2.24) is 24.1 Å². The van der Waals surface area contributed by atoms with E-state index >= 15 is 0 Å². The Morgan fingerprint density at radius 1 is 0.456 bits per heavy atom. The number of hydrogen-bond donors (Lipinski definition) is 0. The first-order chi connectivity index (χ1) is 28.3. The molecule has 0 amide bonds. The fraction of sp³-hybridized carbons (Fsp3) is 0.0392. The Morgan fingerprint density at radius 2 is 1.05 bits per heavy atom. The highest BCUT2D eigenvalue weighted by Crippen LogP contribution is 2.45. The van der Waals surface area contributed by atoms with Crippen molar-refractivity contribution in [3.05, 3.63) is 181 Å². The van der Waals surface area contributed by atoms with E-state index < -0.39 is 0 Å². The molecular formula is C51H33N5O. The van der Waals surface area contributed by atoms with E-state index in [9.17, 15) is 0 Å². The van der Waals surface area contributed by atoms with E-state index in [-0.39, 0.29) is 0 Å². The first-order valence-electron chi connectivity index (χ1n) is 19.4. The third-order valence-corrected chi connectivity index (χ3v) is 11.4. The minimum Gasteiger partial charge on any atom is -0.453 e. The lowest BCUT2D eigenvalue weighted by atomic mass is 10.0. The van der Waals surface area contributed by atoms with Crippen molar-refractivity contribution in [3.8, 4) is 45.5 Å². The first-order valence-corrected chi connectivity index (χ1v) is 19.4. The number of nitrogens with zero attached hydrogens (tertiary/aromatic N) is 5. The number of hydrogen-bond acceptors (Lipinski definition) is 4. The smallest absolute Gasteiger partial charge is 0.167 e. The number of para-hydroxylation sites is 4. The van der Waals surface area contributed by atoms with Crippen molar-refractivity contribution in [2.75, 3.05) is 0 Å². The van der Waals surface area contributed by atoms with E-state index in [4.69, 9.17) is 19.4 Å². The average Bonchev–Trinajstić information content (AvgIpc) is 3.95. The van der Waals surface area contributed by atoms with E-state index in [0.717, 1.165) is 62.8 Å². The molecule has 7 aromatic carbocycles. The third-order valence-electron chi connectivity index (χ3n) is 11.4. The first kappa shape index (κ1) is 31.7. The zero-order chi connectivity index (χ0) is 37.5. The maximum absolute atomic E-state index is 7.16. The lowest BCUT2D eigenvalue weighted by Crippen LogP contribution is -2.04. The summed E-state index contributed by atoms with van der Waals surface area (Å²) in [5.74, 6) is 1.80. The Kier molecular flexibility index (Phi) is 6.95. The topological polar surface area (TPSA) is 61.7 Å². The molecule has 6 heteroatoms. The van der Waals surface area contributed by atoms with Gasteiger partial charge in [0.1, 0.15) is 5.58 Å². The van der Waals surface area contributed by atoms with Gasteiger partial charge >= 0.3 is 0 Å². The van der Waals surface area contributed by atoms with Crippen molar-refractivity contribution in [1.29, 1.82) is 0 Å². The molecule has 0 spiro atoms. The molecular weight excluding hydrogens is 699 g/mol. The average molecular weight is 732 g/mol. The van der Waals surface area contributed by atoms with Crippen LogP contribution in [-0.4, -0.2) is 24.1 Å². The summed E-state index contributed by atoms with van der Waals surface area (Å²) in [6.45, 7) is 0. The maximum atomic E-state index is 7.16. The van der Waals surface area contributed by atoms with Crippen LogP contribution in [0.2, 0.25) is 0 Å². The van der Waals surface area contributed by atoms with Crippen LogP contribution < -0.4 is 0 Å². The Hall–Kier alpha value is -7.57. The molecule has 0 fully saturated rings. The van der Waals surface area contributed by atoms with Gasteiger partial charge in [0.15, 0.2) is 23.1 Å². The lowest BCUT2D eigenvalue weighted by Gasteiger charge is -2.15. The van der Waals surface area contributed by atoms with Crippen molar-refractivity contribution < 1.29 is 4.42 Å². The number of rotatable bonds is 5. The van der Waals surface area contributed by atoms with Gasteiger partial charge < -0.3 is 13.6 Å². The normalized spacial score (nSPS) is 12.7. The molecule has 4 aromatic heterocycles. The summed E-state index contributed by atoms with van der Waals surface area (Å²) in [7, 11) is 0. The highest BCUT2D eigenvalue weighted by Gasteiger charge is 2.27. The fourth-order valence-corrected chi connectivity index (χ4v) is 8.95. The van der Waals surface area contributed by atoms with Crippen LogP contribution in [0.15, 0.2) is 174 Å². The molecule has 1 aliphatic rings. The molecule has 0 saturated heterocycles. The molecule has 1 aliphatic carbocycles. The second-order valence-electron chi connectivity index (χ2n) is 14.7. The molecule has 4 heterocycles. The van der Waals surface area contributed by atoms with Crippen LogP contribution >= 0.6 is 0 Å². The highest BCUT2D eigenvalue weighted by molar-refractivity contribution is 6.20. The predicted molar refractivity (Wildman–Crippen MR) is 232 cm³/mol. The quantitative estimate of drug-likeness (QED) is 0.177. The minimum absolute atomic E-state index is 0.567. The Balaban J connectivity index is 1.16. The summed E-state index contributed by atoms with van der Waals surface area (Å²) in [5, 5.41) is 5.74. The molecule has 0 unspecified atom stereocenters. The zero-order valence-corrected chi connectivity index (χ0v) is 30.8. The van der Waals surface area contributed by atoms with Crippen LogP contribution in [0.5, 0.6) is 0 Å². The summed E-state index contributed by atoms with van der Waals surface area (Å²) >= 11 is 0. The second-order valence-corrected chi connectivity index (χ2v) is 14.7. The molecule has 6 nitrogen and oxygen atoms in total. The molecule has 0 radical (unpaired) electrons. The molecule has 268 valence electrons. The molecule has 0 bridgehead atoms. The van der Waals surface area contributed by atoms with Gasteiger partial charge in [-0.2, -0.15) is 0 Å². The number of fused-ring (bicyclic) bond motifs is 10. The van der Waals surface area contributed by atoms with Crippen molar-refractivity contribution in [2.45, 2.75) is 12.8 Å². The standard InChI is InChI=1S/C51H33N5O/c1-4-16-32(17-5-1)49-52-50(33-18-6-2-7-19-33)54-51(53-49)41-26-14-24-39-40-25-15-29-44(48(40)57-47(39)41)56-43-28-13-11-23-36(43)38-31-30-37-35-22-10-12-27-42(35)55(45(37)46(38)56)34-20-8-3-9-21-34/h1-12,14-27,29-31H,13,28H2. The fourth-order valence-electron chi connectivity index (χ4n) is 8.95. The monoisotopic (exact) mass is 731 g/mol. The summed E-state index contributed by atoms with van der Waals surface area (Å²) in [4.78, 5) is 15.1. The summed E-state index contributed by atoms with van der Waals surface area (Å²) < 4.78 is 12.1. The molecule has 0 saturated carbocycles.